The summed E-state index contributed by atoms with van der Waals surface area (Å²) in [5.41, 5.74) is 3.57. The van der Waals surface area contributed by atoms with Gasteiger partial charge in [0.2, 0.25) is 5.28 Å². The number of phenolic OH excluding ortho intramolecular Hbond substituents is 1. The molecule has 0 fully saturated rings. The average Bonchev–Trinajstić information content (AvgIpc) is 2.93. The zero-order valence-electron chi connectivity index (χ0n) is 13.6. The minimum absolute atomic E-state index is 0.308. The van der Waals surface area contributed by atoms with Gasteiger partial charge in [0, 0.05) is 18.2 Å². The number of phenols is 1. The molecule has 2 aromatic rings. The molecule has 1 N–H and O–H groups in total. The molecule has 3 rings (SSSR count). The Morgan fingerprint density at radius 3 is 2.61 bits per heavy atom. The molecular weight excluding hydrogens is 310 g/mol. The Labute approximate surface area is 142 Å². The number of anilines is 1. The molecule has 4 nitrogen and oxygen atoms in total. The van der Waals surface area contributed by atoms with Gasteiger partial charge >= 0.3 is 0 Å². The fourth-order valence-corrected chi connectivity index (χ4v) is 3.33. The molecule has 1 aromatic heterocycles. The number of hydrogen-bond donors (Lipinski definition) is 1. The second kappa shape index (κ2) is 6.75. The van der Waals surface area contributed by atoms with Crippen molar-refractivity contribution in [1.82, 2.24) is 9.97 Å². The Morgan fingerprint density at radius 1 is 1.17 bits per heavy atom. The van der Waals surface area contributed by atoms with Crippen molar-refractivity contribution in [2.24, 2.45) is 0 Å². The van der Waals surface area contributed by atoms with E-state index in [1.165, 1.54) is 11.1 Å². The molecule has 0 unspecified atom stereocenters. The van der Waals surface area contributed by atoms with Gasteiger partial charge in [-0.15, -0.1) is 0 Å². The average molecular weight is 332 g/mol. The molecule has 0 aliphatic carbocycles. The molecule has 1 aliphatic heterocycles. The van der Waals surface area contributed by atoms with Crippen LogP contribution in [0.15, 0.2) is 24.3 Å². The van der Waals surface area contributed by atoms with Gasteiger partial charge in [-0.2, -0.15) is 0 Å². The first-order valence-electron chi connectivity index (χ1n) is 8.14. The molecule has 0 spiro atoms. The molecule has 1 aliphatic rings. The third kappa shape index (κ3) is 3.58. The predicted molar refractivity (Wildman–Crippen MR) is 93.4 cm³/mol. The first kappa shape index (κ1) is 16.1. The summed E-state index contributed by atoms with van der Waals surface area (Å²) >= 11 is 6.14. The Morgan fingerprint density at radius 2 is 1.91 bits per heavy atom. The molecule has 5 heteroatoms. The maximum absolute atomic E-state index is 9.33. The highest BCUT2D eigenvalue weighted by Crippen LogP contribution is 2.31. The summed E-state index contributed by atoms with van der Waals surface area (Å²) in [4.78, 5) is 11.2. The quantitative estimate of drug-likeness (QED) is 0.847. The third-order valence-electron chi connectivity index (χ3n) is 4.36. The van der Waals surface area contributed by atoms with Crippen LogP contribution in [0.4, 0.5) is 5.82 Å². The first-order valence-corrected chi connectivity index (χ1v) is 8.52. The van der Waals surface area contributed by atoms with Crippen molar-refractivity contribution in [2.75, 3.05) is 11.4 Å². The number of fused-ring (bicyclic) bond motifs is 1. The second-order valence-electron chi connectivity index (χ2n) is 6.30. The monoisotopic (exact) mass is 331 g/mol. The van der Waals surface area contributed by atoms with Gasteiger partial charge < -0.3 is 10.0 Å². The molecule has 2 heterocycles. The fourth-order valence-electron chi connectivity index (χ4n) is 3.15. The van der Waals surface area contributed by atoms with E-state index in [0.29, 0.717) is 17.1 Å². The highest BCUT2D eigenvalue weighted by Gasteiger charge is 2.26. The lowest BCUT2D eigenvalue weighted by atomic mass is 10.0. The summed E-state index contributed by atoms with van der Waals surface area (Å²) < 4.78 is 0. The van der Waals surface area contributed by atoms with Gasteiger partial charge in [-0.05, 0) is 68.8 Å². The SMILES string of the molecule is CC(C)N1CCc2c(CCCc3ccc(O)cc3)nc(Cl)nc21. The van der Waals surface area contributed by atoms with Gasteiger partial charge in [0.25, 0.3) is 0 Å². The molecule has 0 atom stereocenters. The molecule has 0 saturated heterocycles. The number of aryl methyl sites for hydroxylation is 2. The van der Waals surface area contributed by atoms with Gasteiger partial charge in [0.1, 0.15) is 11.6 Å². The molecule has 1 aromatic carbocycles. The van der Waals surface area contributed by atoms with E-state index in [4.69, 9.17) is 11.6 Å². The maximum Gasteiger partial charge on any atom is 0.224 e. The van der Waals surface area contributed by atoms with Gasteiger partial charge in [-0.1, -0.05) is 12.1 Å². The number of rotatable bonds is 5. The summed E-state index contributed by atoms with van der Waals surface area (Å²) in [6.07, 6.45) is 3.87. The maximum atomic E-state index is 9.33. The predicted octanol–water partition coefficient (Wildman–Crippen LogP) is 3.78. The Bertz CT molecular complexity index is 685. The lowest BCUT2D eigenvalue weighted by molar-refractivity contribution is 0.475. The van der Waals surface area contributed by atoms with E-state index in [-0.39, 0.29) is 0 Å². The van der Waals surface area contributed by atoms with Crippen LogP contribution in [0, 0.1) is 0 Å². The van der Waals surface area contributed by atoms with E-state index in [0.717, 1.165) is 43.7 Å². The van der Waals surface area contributed by atoms with Crippen LogP contribution in [0.1, 0.15) is 37.1 Å². The van der Waals surface area contributed by atoms with Crippen molar-refractivity contribution in [1.29, 1.82) is 0 Å². The van der Waals surface area contributed by atoms with Crippen LogP contribution in [-0.4, -0.2) is 27.7 Å². The Balaban J connectivity index is 1.71. The lowest BCUT2D eigenvalue weighted by Crippen LogP contribution is -2.29. The minimum atomic E-state index is 0.308. The Kier molecular flexibility index (Phi) is 4.71. The van der Waals surface area contributed by atoms with E-state index in [1.807, 2.05) is 12.1 Å². The van der Waals surface area contributed by atoms with E-state index >= 15 is 0 Å². The number of aromatic nitrogens is 2. The van der Waals surface area contributed by atoms with Crippen molar-refractivity contribution in [2.45, 2.75) is 45.6 Å². The number of halogens is 1. The topological polar surface area (TPSA) is 49.2 Å². The zero-order chi connectivity index (χ0) is 16.4. The van der Waals surface area contributed by atoms with E-state index in [2.05, 4.69) is 28.7 Å². The zero-order valence-corrected chi connectivity index (χ0v) is 14.3. The Hall–Kier alpha value is -1.81. The number of nitrogens with zero attached hydrogens (tertiary/aromatic N) is 3. The molecule has 122 valence electrons. The van der Waals surface area contributed by atoms with Crippen LogP contribution in [0.25, 0.3) is 0 Å². The van der Waals surface area contributed by atoms with Crippen LogP contribution in [0.2, 0.25) is 5.28 Å². The van der Waals surface area contributed by atoms with E-state index < -0.39 is 0 Å². The number of benzene rings is 1. The number of aromatic hydroxyl groups is 1. The molecule has 23 heavy (non-hydrogen) atoms. The van der Waals surface area contributed by atoms with Gasteiger partial charge in [0.05, 0.1) is 5.69 Å². The molecule has 0 saturated carbocycles. The highest BCUT2D eigenvalue weighted by molar-refractivity contribution is 6.28. The molecule has 0 amide bonds. The van der Waals surface area contributed by atoms with Crippen LogP contribution in [-0.2, 0) is 19.3 Å². The second-order valence-corrected chi connectivity index (χ2v) is 6.64. The number of hydrogen-bond acceptors (Lipinski definition) is 4. The standard InChI is InChI=1S/C18H22ClN3O/c1-12(2)22-11-10-15-16(20-18(19)21-17(15)22)5-3-4-13-6-8-14(23)9-7-13/h6-9,12,23H,3-5,10-11H2,1-2H3. The molecule has 0 bridgehead atoms. The minimum Gasteiger partial charge on any atom is -0.508 e. The van der Waals surface area contributed by atoms with Gasteiger partial charge in [-0.3, -0.25) is 0 Å². The summed E-state index contributed by atoms with van der Waals surface area (Å²) in [6, 6.07) is 7.82. The van der Waals surface area contributed by atoms with Crippen LogP contribution in [0.3, 0.4) is 0 Å². The third-order valence-corrected chi connectivity index (χ3v) is 4.53. The largest absolute Gasteiger partial charge is 0.508 e. The smallest absolute Gasteiger partial charge is 0.224 e. The van der Waals surface area contributed by atoms with Crippen molar-refractivity contribution in [3.05, 3.63) is 46.4 Å². The van der Waals surface area contributed by atoms with Crippen LogP contribution >= 0.6 is 11.6 Å². The van der Waals surface area contributed by atoms with Crippen molar-refractivity contribution < 1.29 is 5.11 Å². The summed E-state index contributed by atoms with van der Waals surface area (Å²) in [7, 11) is 0. The fraction of sp³-hybridized carbons (Fsp3) is 0.444. The van der Waals surface area contributed by atoms with Crippen molar-refractivity contribution in [3.63, 3.8) is 0 Å². The summed E-state index contributed by atoms with van der Waals surface area (Å²) in [5.74, 6) is 1.32. The summed E-state index contributed by atoms with van der Waals surface area (Å²) in [6.45, 7) is 5.35. The van der Waals surface area contributed by atoms with Gasteiger partial charge in [0.15, 0.2) is 0 Å². The van der Waals surface area contributed by atoms with E-state index in [1.54, 1.807) is 12.1 Å². The van der Waals surface area contributed by atoms with Gasteiger partial charge in [-0.25, -0.2) is 9.97 Å². The normalized spacial score (nSPS) is 13.7. The lowest BCUT2D eigenvalue weighted by Gasteiger charge is -2.22. The summed E-state index contributed by atoms with van der Waals surface area (Å²) in [5, 5.41) is 9.67. The van der Waals surface area contributed by atoms with Crippen molar-refractivity contribution in [3.8, 4) is 5.75 Å². The van der Waals surface area contributed by atoms with Crippen LogP contribution < -0.4 is 4.90 Å². The molecular formula is C18H22ClN3O. The van der Waals surface area contributed by atoms with E-state index in [9.17, 15) is 5.11 Å². The van der Waals surface area contributed by atoms with Crippen LogP contribution in [0.5, 0.6) is 5.75 Å². The highest BCUT2D eigenvalue weighted by atomic mass is 35.5. The molecule has 0 radical (unpaired) electrons. The first-order chi connectivity index (χ1) is 11.0. The van der Waals surface area contributed by atoms with Crippen molar-refractivity contribution >= 4 is 17.4 Å².